The lowest BCUT2D eigenvalue weighted by atomic mass is 9.98. The van der Waals surface area contributed by atoms with Gasteiger partial charge in [0.15, 0.2) is 5.96 Å². The fourth-order valence-electron chi connectivity index (χ4n) is 2.96. The Bertz CT molecular complexity index is 523. The van der Waals surface area contributed by atoms with Gasteiger partial charge in [0.1, 0.15) is 0 Å². The summed E-state index contributed by atoms with van der Waals surface area (Å²) in [6.45, 7) is 12.9. The number of piperidine rings is 1. The molecule has 0 bridgehead atoms. The predicted molar refractivity (Wildman–Crippen MR) is 115 cm³/mol. The summed E-state index contributed by atoms with van der Waals surface area (Å²) in [5.74, 6) is 1.75. The predicted octanol–water partition coefficient (Wildman–Crippen LogP) is 3.16. The van der Waals surface area contributed by atoms with Crippen molar-refractivity contribution in [3.05, 3.63) is 15.6 Å². The van der Waals surface area contributed by atoms with Gasteiger partial charge in [0.2, 0.25) is 0 Å². The normalized spacial score (nSPS) is 18.1. The lowest BCUT2D eigenvalue weighted by Gasteiger charge is -2.35. The number of aryl methyl sites for hydroxylation is 2. The standard InChI is InChI=1S/C17H31N5S.HI/c1-12-6-8-22(9-7-12)13(2)10-19-17(18-5)20-11-16-14(3)21-15(4)23-16;/h12-13H,6-11H2,1-5H3,(H2,18,19,20);1H. The molecule has 1 saturated heterocycles. The summed E-state index contributed by atoms with van der Waals surface area (Å²) in [6.07, 6.45) is 2.64. The maximum Gasteiger partial charge on any atom is 0.191 e. The number of thiazole rings is 1. The molecular weight excluding hydrogens is 433 g/mol. The number of rotatable bonds is 5. The largest absolute Gasteiger partial charge is 0.355 e. The van der Waals surface area contributed by atoms with Crippen molar-refractivity contribution in [2.45, 2.75) is 53.1 Å². The highest BCUT2D eigenvalue weighted by atomic mass is 127. The van der Waals surface area contributed by atoms with Gasteiger partial charge in [-0.2, -0.15) is 0 Å². The number of aromatic nitrogens is 1. The number of nitrogens with one attached hydrogen (secondary N) is 2. The van der Waals surface area contributed by atoms with E-state index < -0.39 is 0 Å². The first-order chi connectivity index (χ1) is 11.0. The zero-order valence-electron chi connectivity index (χ0n) is 15.6. The van der Waals surface area contributed by atoms with E-state index in [0.29, 0.717) is 6.04 Å². The number of aliphatic imine (C=N–C) groups is 1. The number of nitrogens with zero attached hydrogens (tertiary/aromatic N) is 3. The van der Waals surface area contributed by atoms with Crippen molar-refractivity contribution in [3.8, 4) is 0 Å². The minimum Gasteiger partial charge on any atom is -0.355 e. The van der Waals surface area contributed by atoms with Crippen LogP contribution in [-0.4, -0.2) is 48.6 Å². The fraction of sp³-hybridized carbons (Fsp3) is 0.765. The Morgan fingerprint density at radius 2 is 2.00 bits per heavy atom. The van der Waals surface area contributed by atoms with E-state index in [4.69, 9.17) is 0 Å². The van der Waals surface area contributed by atoms with Gasteiger partial charge in [0.25, 0.3) is 0 Å². The molecule has 1 aromatic heterocycles. The SMILES string of the molecule is CN=C(NCc1sc(C)nc1C)NCC(C)N1CCC(C)CC1.I. The minimum atomic E-state index is 0. The van der Waals surface area contributed by atoms with E-state index >= 15 is 0 Å². The summed E-state index contributed by atoms with van der Waals surface area (Å²) in [4.78, 5) is 12.7. The third kappa shape index (κ3) is 6.48. The van der Waals surface area contributed by atoms with E-state index in [1.54, 1.807) is 11.3 Å². The van der Waals surface area contributed by atoms with E-state index in [1.165, 1.54) is 30.8 Å². The zero-order chi connectivity index (χ0) is 16.8. The molecular formula is C17H32IN5S. The number of hydrogen-bond acceptors (Lipinski definition) is 4. The summed E-state index contributed by atoms with van der Waals surface area (Å²) in [7, 11) is 1.83. The van der Waals surface area contributed by atoms with Gasteiger partial charge in [0, 0.05) is 24.5 Å². The van der Waals surface area contributed by atoms with Crippen LogP contribution < -0.4 is 10.6 Å². The summed E-state index contributed by atoms with van der Waals surface area (Å²) in [6, 6.07) is 0.536. The smallest absolute Gasteiger partial charge is 0.191 e. The highest BCUT2D eigenvalue weighted by Gasteiger charge is 2.20. The van der Waals surface area contributed by atoms with Crippen LogP contribution in [0.2, 0.25) is 0 Å². The van der Waals surface area contributed by atoms with Crippen LogP contribution in [0.5, 0.6) is 0 Å². The van der Waals surface area contributed by atoms with Crippen LogP contribution in [0.25, 0.3) is 0 Å². The molecule has 2 heterocycles. The Morgan fingerprint density at radius 1 is 1.33 bits per heavy atom. The van der Waals surface area contributed by atoms with E-state index in [9.17, 15) is 0 Å². The van der Waals surface area contributed by atoms with Gasteiger partial charge in [-0.1, -0.05) is 6.92 Å². The van der Waals surface area contributed by atoms with Gasteiger partial charge in [0.05, 0.1) is 17.2 Å². The van der Waals surface area contributed by atoms with E-state index in [2.05, 4.69) is 53.2 Å². The Kier molecular flexibility index (Phi) is 9.51. The van der Waals surface area contributed by atoms with E-state index in [1.807, 2.05) is 7.05 Å². The fourth-order valence-corrected chi connectivity index (χ4v) is 3.84. The van der Waals surface area contributed by atoms with Crippen molar-refractivity contribution in [1.82, 2.24) is 20.5 Å². The Labute approximate surface area is 167 Å². The van der Waals surface area contributed by atoms with Crippen LogP contribution >= 0.6 is 35.3 Å². The Hall–Kier alpha value is -0.410. The van der Waals surface area contributed by atoms with Crippen molar-refractivity contribution >= 4 is 41.3 Å². The van der Waals surface area contributed by atoms with Gasteiger partial charge in [-0.15, -0.1) is 35.3 Å². The molecule has 5 nitrogen and oxygen atoms in total. The minimum absolute atomic E-state index is 0. The van der Waals surface area contributed by atoms with Gasteiger partial charge in [-0.3, -0.25) is 9.89 Å². The molecule has 0 aromatic carbocycles. The molecule has 1 aromatic rings. The van der Waals surface area contributed by atoms with Crippen LogP contribution in [0.15, 0.2) is 4.99 Å². The number of likely N-dealkylation sites (tertiary alicyclic amines) is 1. The van der Waals surface area contributed by atoms with Gasteiger partial charge >= 0.3 is 0 Å². The highest BCUT2D eigenvalue weighted by molar-refractivity contribution is 14.0. The molecule has 1 fully saturated rings. The third-order valence-electron chi connectivity index (χ3n) is 4.65. The first-order valence-electron chi connectivity index (χ1n) is 8.61. The molecule has 2 N–H and O–H groups in total. The quantitative estimate of drug-likeness (QED) is 0.399. The molecule has 2 rings (SSSR count). The molecule has 0 radical (unpaired) electrons. The molecule has 1 atom stereocenters. The number of halogens is 1. The molecule has 1 unspecified atom stereocenters. The molecule has 0 aliphatic carbocycles. The first kappa shape index (κ1) is 21.6. The molecule has 7 heteroatoms. The monoisotopic (exact) mass is 465 g/mol. The molecule has 0 amide bonds. The number of guanidine groups is 1. The Balaban J connectivity index is 0.00000288. The second-order valence-corrected chi connectivity index (χ2v) is 7.90. The molecule has 138 valence electrons. The van der Waals surface area contributed by atoms with Crippen molar-refractivity contribution in [2.75, 3.05) is 26.7 Å². The second-order valence-electron chi connectivity index (χ2n) is 6.62. The number of hydrogen-bond donors (Lipinski definition) is 2. The topological polar surface area (TPSA) is 52.6 Å². The second kappa shape index (κ2) is 10.6. The molecule has 0 spiro atoms. The average Bonchev–Trinajstić information content (AvgIpc) is 2.85. The highest BCUT2D eigenvalue weighted by Crippen LogP contribution is 2.18. The van der Waals surface area contributed by atoms with Crippen LogP contribution in [0.1, 0.15) is 42.3 Å². The average molecular weight is 465 g/mol. The summed E-state index contributed by atoms with van der Waals surface area (Å²) >= 11 is 1.75. The lowest BCUT2D eigenvalue weighted by molar-refractivity contribution is 0.147. The van der Waals surface area contributed by atoms with Gasteiger partial charge < -0.3 is 10.6 Å². The van der Waals surface area contributed by atoms with Crippen molar-refractivity contribution < 1.29 is 0 Å². The summed E-state index contributed by atoms with van der Waals surface area (Å²) in [5, 5.41) is 7.97. The molecule has 1 aliphatic heterocycles. The summed E-state index contributed by atoms with van der Waals surface area (Å²) < 4.78 is 0. The maximum absolute atomic E-state index is 4.47. The van der Waals surface area contributed by atoms with E-state index in [0.717, 1.165) is 35.7 Å². The van der Waals surface area contributed by atoms with E-state index in [-0.39, 0.29) is 24.0 Å². The van der Waals surface area contributed by atoms with Gasteiger partial charge in [-0.25, -0.2) is 4.98 Å². The molecule has 0 saturated carbocycles. The van der Waals surface area contributed by atoms with Gasteiger partial charge in [-0.05, 0) is 52.6 Å². The van der Waals surface area contributed by atoms with Crippen molar-refractivity contribution in [3.63, 3.8) is 0 Å². The van der Waals surface area contributed by atoms with Crippen LogP contribution in [0.3, 0.4) is 0 Å². The van der Waals surface area contributed by atoms with Crippen LogP contribution in [0, 0.1) is 19.8 Å². The molecule has 1 aliphatic rings. The lowest BCUT2D eigenvalue weighted by Crippen LogP contribution is -2.47. The Morgan fingerprint density at radius 3 is 2.54 bits per heavy atom. The van der Waals surface area contributed by atoms with Crippen LogP contribution in [0.4, 0.5) is 0 Å². The van der Waals surface area contributed by atoms with Crippen molar-refractivity contribution in [2.24, 2.45) is 10.9 Å². The first-order valence-corrected chi connectivity index (χ1v) is 9.42. The zero-order valence-corrected chi connectivity index (χ0v) is 18.7. The molecule has 24 heavy (non-hydrogen) atoms. The van der Waals surface area contributed by atoms with Crippen molar-refractivity contribution in [1.29, 1.82) is 0 Å². The third-order valence-corrected chi connectivity index (χ3v) is 5.72. The van der Waals surface area contributed by atoms with Crippen LogP contribution in [-0.2, 0) is 6.54 Å². The maximum atomic E-state index is 4.47. The summed E-state index contributed by atoms with van der Waals surface area (Å²) in [5.41, 5.74) is 1.12.